The summed E-state index contributed by atoms with van der Waals surface area (Å²) in [4.78, 5) is 17.8. The van der Waals surface area contributed by atoms with Crippen LogP contribution >= 0.6 is 15.9 Å². The highest BCUT2D eigenvalue weighted by Crippen LogP contribution is 2.28. The quantitative estimate of drug-likeness (QED) is 0.739. The predicted octanol–water partition coefficient (Wildman–Crippen LogP) is 3.09. The number of rotatable bonds is 0. The van der Waals surface area contributed by atoms with Gasteiger partial charge in [-0.3, -0.25) is 9.88 Å². The number of ether oxygens (including phenoxy) is 1. The molecule has 92 valence electrons. The summed E-state index contributed by atoms with van der Waals surface area (Å²) >= 11 is 3.47. The number of aromatic nitrogens is 1. The van der Waals surface area contributed by atoms with Crippen molar-refractivity contribution in [1.29, 1.82) is 0 Å². The van der Waals surface area contributed by atoms with Crippen LogP contribution < -0.4 is 0 Å². The zero-order valence-corrected chi connectivity index (χ0v) is 11.7. The van der Waals surface area contributed by atoms with E-state index in [9.17, 15) is 4.79 Å². The van der Waals surface area contributed by atoms with E-state index >= 15 is 0 Å². The summed E-state index contributed by atoms with van der Waals surface area (Å²) in [5.74, 6) is 0. The van der Waals surface area contributed by atoms with Crippen molar-refractivity contribution in [3.8, 4) is 0 Å². The molecule has 1 aliphatic heterocycles. The Labute approximate surface area is 109 Å². The zero-order chi connectivity index (χ0) is 12.6. The SMILES string of the molecule is CC(C)(C)OC(=O)N1Cc2nccc(Br)c2C1. The zero-order valence-electron chi connectivity index (χ0n) is 10.2. The maximum atomic E-state index is 11.9. The van der Waals surface area contributed by atoms with Gasteiger partial charge in [-0.2, -0.15) is 0 Å². The van der Waals surface area contributed by atoms with E-state index in [0.29, 0.717) is 13.1 Å². The van der Waals surface area contributed by atoms with E-state index in [2.05, 4.69) is 20.9 Å². The molecule has 0 aromatic carbocycles. The second-order valence-electron chi connectivity index (χ2n) is 5.05. The molecule has 0 spiro atoms. The number of halogens is 1. The third kappa shape index (κ3) is 2.77. The molecule has 1 aromatic heterocycles. The first kappa shape index (κ1) is 12.4. The van der Waals surface area contributed by atoms with Gasteiger partial charge in [0.2, 0.25) is 0 Å². The van der Waals surface area contributed by atoms with Gasteiger partial charge in [-0.15, -0.1) is 0 Å². The number of hydrogen-bond acceptors (Lipinski definition) is 3. The molecule has 0 saturated carbocycles. The van der Waals surface area contributed by atoms with Crippen LogP contribution in [0.1, 0.15) is 32.0 Å². The van der Waals surface area contributed by atoms with Gasteiger partial charge in [-0.1, -0.05) is 15.9 Å². The van der Waals surface area contributed by atoms with Gasteiger partial charge in [0.25, 0.3) is 0 Å². The second-order valence-corrected chi connectivity index (χ2v) is 5.91. The van der Waals surface area contributed by atoms with Gasteiger partial charge in [0.05, 0.1) is 18.8 Å². The lowest BCUT2D eigenvalue weighted by Gasteiger charge is -2.23. The van der Waals surface area contributed by atoms with E-state index in [0.717, 1.165) is 15.7 Å². The van der Waals surface area contributed by atoms with Crippen LogP contribution in [-0.2, 0) is 17.8 Å². The van der Waals surface area contributed by atoms with Crippen LogP contribution in [0.3, 0.4) is 0 Å². The fourth-order valence-corrected chi connectivity index (χ4v) is 2.17. The van der Waals surface area contributed by atoms with Gasteiger partial charge in [-0.25, -0.2) is 4.79 Å². The number of fused-ring (bicyclic) bond motifs is 1. The number of carbonyl (C=O) groups excluding carboxylic acids is 1. The monoisotopic (exact) mass is 298 g/mol. The van der Waals surface area contributed by atoms with Crippen molar-refractivity contribution in [2.24, 2.45) is 0 Å². The van der Waals surface area contributed by atoms with Crippen molar-refractivity contribution in [2.45, 2.75) is 39.5 Å². The van der Waals surface area contributed by atoms with E-state index in [1.54, 1.807) is 11.1 Å². The minimum atomic E-state index is -0.462. The highest BCUT2D eigenvalue weighted by Gasteiger charge is 2.29. The third-order valence-corrected chi connectivity index (χ3v) is 3.17. The van der Waals surface area contributed by atoms with Crippen molar-refractivity contribution < 1.29 is 9.53 Å². The smallest absolute Gasteiger partial charge is 0.410 e. The molecule has 0 radical (unpaired) electrons. The Hall–Kier alpha value is -1.10. The Balaban J connectivity index is 2.10. The van der Waals surface area contributed by atoms with E-state index in [4.69, 9.17) is 4.74 Å². The normalized spacial score (nSPS) is 14.7. The maximum absolute atomic E-state index is 11.9. The Morgan fingerprint density at radius 2 is 2.18 bits per heavy atom. The van der Waals surface area contributed by atoms with E-state index in [1.807, 2.05) is 26.8 Å². The first-order chi connectivity index (χ1) is 7.87. The van der Waals surface area contributed by atoms with Crippen molar-refractivity contribution >= 4 is 22.0 Å². The number of nitrogens with zero attached hydrogens (tertiary/aromatic N) is 2. The molecule has 0 saturated heterocycles. The molecular weight excluding hydrogens is 284 g/mol. The summed E-state index contributed by atoms with van der Waals surface area (Å²) in [6.45, 7) is 6.66. The van der Waals surface area contributed by atoms with E-state index in [-0.39, 0.29) is 6.09 Å². The van der Waals surface area contributed by atoms with Gasteiger partial charge in [-0.05, 0) is 26.8 Å². The molecule has 4 nitrogen and oxygen atoms in total. The summed E-state index contributed by atoms with van der Waals surface area (Å²) in [7, 11) is 0. The summed E-state index contributed by atoms with van der Waals surface area (Å²) in [5.41, 5.74) is 1.54. The number of pyridine rings is 1. The molecule has 2 rings (SSSR count). The molecule has 17 heavy (non-hydrogen) atoms. The van der Waals surface area contributed by atoms with Crippen molar-refractivity contribution in [3.05, 3.63) is 28.0 Å². The van der Waals surface area contributed by atoms with Crippen LogP contribution in [0.25, 0.3) is 0 Å². The number of hydrogen-bond donors (Lipinski definition) is 0. The fraction of sp³-hybridized carbons (Fsp3) is 0.500. The van der Waals surface area contributed by atoms with Gasteiger partial charge in [0.15, 0.2) is 0 Å². The maximum Gasteiger partial charge on any atom is 0.410 e. The average molecular weight is 299 g/mol. The lowest BCUT2D eigenvalue weighted by atomic mass is 10.2. The minimum absolute atomic E-state index is 0.289. The average Bonchev–Trinajstić information content (AvgIpc) is 2.60. The first-order valence-corrected chi connectivity index (χ1v) is 6.26. The van der Waals surface area contributed by atoms with Gasteiger partial charge < -0.3 is 4.74 Å². The summed E-state index contributed by atoms with van der Waals surface area (Å²) < 4.78 is 6.33. The second kappa shape index (κ2) is 4.29. The molecule has 0 atom stereocenters. The van der Waals surface area contributed by atoms with Crippen molar-refractivity contribution in [1.82, 2.24) is 9.88 Å². The Morgan fingerprint density at radius 1 is 1.47 bits per heavy atom. The predicted molar refractivity (Wildman–Crippen MR) is 67.4 cm³/mol. The van der Waals surface area contributed by atoms with Crippen molar-refractivity contribution in [2.75, 3.05) is 0 Å². The molecule has 2 heterocycles. The highest BCUT2D eigenvalue weighted by molar-refractivity contribution is 9.10. The van der Waals surface area contributed by atoms with Crippen LogP contribution in [-0.4, -0.2) is 21.6 Å². The molecule has 0 N–H and O–H groups in total. The van der Waals surface area contributed by atoms with Crippen LogP contribution in [0.4, 0.5) is 4.79 Å². The fourth-order valence-electron chi connectivity index (χ4n) is 1.70. The topological polar surface area (TPSA) is 42.4 Å². The van der Waals surface area contributed by atoms with Crippen molar-refractivity contribution in [3.63, 3.8) is 0 Å². The molecule has 0 aliphatic carbocycles. The van der Waals surface area contributed by atoms with E-state index < -0.39 is 5.60 Å². The summed E-state index contributed by atoms with van der Waals surface area (Å²) in [6.07, 6.45) is 1.45. The van der Waals surface area contributed by atoms with Crippen LogP contribution in [0.2, 0.25) is 0 Å². The molecule has 1 aromatic rings. The molecule has 5 heteroatoms. The van der Waals surface area contributed by atoms with E-state index in [1.165, 1.54) is 0 Å². The molecule has 0 bridgehead atoms. The van der Waals surface area contributed by atoms with Crippen LogP contribution in [0.15, 0.2) is 16.7 Å². The van der Waals surface area contributed by atoms with Crippen LogP contribution in [0.5, 0.6) is 0 Å². The minimum Gasteiger partial charge on any atom is -0.444 e. The molecule has 0 unspecified atom stereocenters. The number of amides is 1. The lowest BCUT2D eigenvalue weighted by molar-refractivity contribution is 0.0240. The van der Waals surface area contributed by atoms with Gasteiger partial charge in [0, 0.05) is 16.2 Å². The Bertz CT molecular complexity index is 454. The largest absolute Gasteiger partial charge is 0.444 e. The summed E-state index contributed by atoms with van der Waals surface area (Å²) in [6, 6.07) is 1.89. The van der Waals surface area contributed by atoms with Crippen LogP contribution in [0, 0.1) is 0 Å². The molecule has 1 amide bonds. The Kier molecular flexibility index (Phi) is 3.12. The standard InChI is InChI=1S/C12H15BrN2O2/c1-12(2,3)17-11(16)15-6-8-9(13)4-5-14-10(8)7-15/h4-5H,6-7H2,1-3H3. The first-order valence-electron chi connectivity index (χ1n) is 5.47. The summed E-state index contributed by atoms with van der Waals surface area (Å²) in [5, 5.41) is 0. The lowest BCUT2D eigenvalue weighted by Crippen LogP contribution is -2.33. The third-order valence-electron chi connectivity index (χ3n) is 2.43. The molecule has 1 aliphatic rings. The van der Waals surface area contributed by atoms with Gasteiger partial charge >= 0.3 is 6.09 Å². The number of carbonyl (C=O) groups is 1. The molecular formula is C12H15BrN2O2. The molecule has 0 fully saturated rings. The highest BCUT2D eigenvalue weighted by atomic mass is 79.9. The Morgan fingerprint density at radius 3 is 2.76 bits per heavy atom. The van der Waals surface area contributed by atoms with Gasteiger partial charge in [0.1, 0.15) is 5.60 Å².